The quantitative estimate of drug-likeness (QED) is 0.687. The van der Waals surface area contributed by atoms with E-state index in [2.05, 4.69) is 5.32 Å². The number of carbonyl (C=O) groups excluding carboxylic acids is 1. The molecule has 0 saturated heterocycles. The van der Waals surface area contributed by atoms with Crippen LogP contribution in [0.5, 0.6) is 0 Å². The fourth-order valence-corrected chi connectivity index (χ4v) is 1.55. The third-order valence-corrected chi connectivity index (χ3v) is 2.51. The molecule has 2 aromatic rings. The SMILES string of the molecule is Cc1ccc(/C=C(/C#N)C(=O)Nc2ccc(F)cc2)o1. The Morgan fingerprint density at radius 1 is 1.30 bits per heavy atom. The van der Waals surface area contributed by atoms with Crippen molar-refractivity contribution < 1.29 is 13.6 Å². The third-order valence-electron chi connectivity index (χ3n) is 2.51. The lowest BCUT2D eigenvalue weighted by molar-refractivity contribution is -0.112. The maximum atomic E-state index is 12.7. The van der Waals surface area contributed by atoms with Gasteiger partial charge in [0.25, 0.3) is 5.91 Å². The van der Waals surface area contributed by atoms with Crippen molar-refractivity contribution in [1.29, 1.82) is 5.26 Å². The molecule has 0 aliphatic heterocycles. The lowest BCUT2D eigenvalue weighted by Crippen LogP contribution is -2.13. The molecule has 1 aromatic heterocycles. The molecule has 20 heavy (non-hydrogen) atoms. The van der Waals surface area contributed by atoms with Crippen molar-refractivity contribution >= 4 is 17.7 Å². The monoisotopic (exact) mass is 270 g/mol. The maximum Gasteiger partial charge on any atom is 0.266 e. The number of rotatable bonds is 3. The van der Waals surface area contributed by atoms with Crippen molar-refractivity contribution in [2.24, 2.45) is 0 Å². The molecule has 0 spiro atoms. The average Bonchev–Trinajstić information content (AvgIpc) is 2.84. The molecule has 0 bridgehead atoms. The number of benzene rings is 1. The Kier molecular flexibility index (Phi) is 3.96. The molecule has 2 rings (SSSR count). The summed E-state index contributed by atoms with van der Waals surface area (Å²) in [7, 11) is 0. The zero-order valence-corrected chi connectivity index (χ0v) is 10.7. The van der Waals surface area contributed by atoms with Crippen molar-refractivity contribution in [3.8, 4) is 6.07 Å². The highest BCUT2D eigenvalue weighted by Crippen LogP contribution is 2.13. The van der Waals surface area contributed by atoms with Crippen LogP contribution >= 0.6 is 0 Å². The summed E-state index contributed by atoms with van der Waals surface area (Å²) in [5.74, 6) is 0.138. The van der Waals surface area contributed by atoms with Crippen LogP contribution in [-0.2, 0) is 4.79 Å². The van der Waals surface area contributed by atoms with Gasteiger partial charge in [0.05, 0.1) is 0 Å². The second kappa shape index (κ2) is 5.85. The van der Waals surface area contributed by atoms with Gasteiger partial charge in [0.2, 0.25) is 0 Å². The van der Waals surface area contributed by atoms with Gasteiger partial charge in [-0.3, -0.25) is 4.79 Å². The van der Waals surface area contributed by atoms with E-state index >= 15 is 0 Å². The Morgan fingerprint density at radius 2 is 2.00 bits per heavy atom. The number of hydrogen-bond acceptors (Lipinski definition) is 3. The number of nitrogens with one attached hydrogen (secondary N) is 1. The topological polar surface area (TPSA) is 66.0 Å². The summed E-state index contributed by atoms with van der Waals surface area (Å²) in [6.07, 6.45) is 1.35. The van der Waals surface area contributed by atoms with E-state index in [-0.39, 0.29) is 5.57 Å². The highest BCUT2D eigenvalue weighted by Gasteiger charge is 2.10. The van der Waals surface area contributed by atoms with Gasteiger partial charge >= 0.3 is 0 Å². The molecule has 0 saturated carbocycles. The second-order valence-corrected chi connectivity index (χ2v) is 4.08. The van der Waals surface area contributed by atoms with Gasteiger partial charge in [0, 0.05) is 11.8 Å². The Balaban J connectivity index is 2.16. The van der Waals surface area contributed by atoms with Crippen LogP contribution in [0.1, 0.15) is 11.5 Å². The molecular weight excluding hydrogens is 259 g/mol. The predicted octanol–water partition coefficient (Wildman–Crippen LogP) is 3.27. The van der Waals surface area contributed by atoms with Crippen LogP contribution in [0.3, 0.4) is 0 Å². The number of nitrogens with zero attached hydrogens (tertiary/aromatic N) is 1. The van der Waals surface area contributed by atoms with Gasteiger partial charge in [0.1, 0.15) is 29.0 Å². The Bertz CT molecular complexity index is 693. The lowest BCUT2D eigenvalue weighted by atomic mass is 10.2. The number of carbonyl (C=O) groups is 1. The van der Waals surface area contributed by atoms with E-state index in [1.807, 2.05) is 0 Å². The summed E-state index contributed by atoms with van der Waals surface area (Å²) in [6, 6.07) is 10.5. The summed E-state index contributed by atoms with van der Waals surface area (Å²) >= 11 is 0. The van der Waals surface area contributed by atoms with Crippen molar-refractivity contribution in [3.63, 3.8) is 0 Å². The van der Waals surface area contributed by atoms with E-state index in [4.69, 9.17) is 9.68 Å². The molecule has 0 atom stereocenters. The first kappa shape index (κ1) is 13.6. The predicted molar refractivity (Wildman–Crippen MR) is 72.1 cm³/mol. The molecule has 0 unspecified atom stereocenters. The first-order valence-electron chi connectivity index (χ1n) is 5.83. The van der Waals surface area contributed by atoms with Gasteiger partial charge in [-0.1, -0.05) is 0 Å². The normalized spacial score (nSPS) is 10.9. The highest BCUT2D eigenvalue weighted by molar-refractivity contribution is 6.09. The average molecular weight is 270 g/mol. The highest BCUT2D eigenvalue weighted by atomic mass is 19.1. The molecule has 0 fully saturated rings. The molecular formula is C15H11FN2O2. The summed E-state index contributed by atoms with van der Waals surface area (Å²) in [4.78, 5) is 11.9. The third kappa shape index (κ3) is 3.33. The van der Waals surface area contributed by atoms with Gasteiger partial charge < -0.3 is 9.73 Å². The van der Waals surface area contributed by atoms with Crippen LogP contribution in [-0.4, -0.2) is 5.91 Å². The number of halogens is 1. The van der Waals surface area contributed by atoms with E-state index < -0.39 is 11.7 Å². The molecule has 1 heterocycles. The van der Waals surface area contributed by atoms with Gasteiger partial charge in [-0.25, -0.2) is 4.39 Å². The van der Waals surface area contributed by atoms with Gasteiger partial charge in [-0.05, 0) is 43.3 Å². The van der Waals surface area contributed by atoms with Crippen LogP contribution < -0.4 is 5.32 Å². The number of furan rings is 1. The molecule has 1 aromatic carbocycles. The molecule has 5 heteroatoms. The van der Waals surface area contributed by atoms with Crippen LogP contribution in [0.2, 0.25) is 0 Å². The van der Waals surface area contributed by atoms with Crippen LogP contribution in [0.15, 0.2) is 46.4 Å². The number of hydrogen-bond donors (Lipinski definition) is 1. The first-order valence-corrected chi connectivity index (χ1v) is 5.83. The van der Waals surface area contributed by atoms with E-state index in [1.54, 1.807) is 25.1 Å². The molecule has 0 aliphatic carbocycles. The first-order chi connectivity index (χ1) is 9.58. The largest absolute Gasteiger partial charge is 0.462 e. The Morgan fingerprint density at radius 3 is 2.55 bits per heavy atom. The standard InChI is InChI=1S/C15H11FN2O2/c1-10-2-7-14(20-10)8-11(9-17)15(19)18-13-5-3-12(16)4-6-13/h2-8H,1H3,(H,18,19)/b11-8-. The molecule has 1 N–H and O–H groups in total. The number of aryl methyl sites for hydroxylation is 1. The van der Waals surface area contributed by atoms with E-state index in [1.165, 1.54) is 30.3 Å². The fourth-order valence-electron chi connectivity index (χ4n) is 1.55. The van der Waals surface area contributed by atoms with Crippen molar-refractivity contribution in [2.75, 3.05) is 5.32 Å². The maximum absolute atomic E-state index is 12.7. The van der Waals surface area contributed by atoms with Gasteiger partial charge in [-0.15, -0.1) is 0 Å². The Hall–Kier alpha value is -2.87. The minimum absolute atomic E-state index is 0.0938. The zero-order valence-electron chi connectivity index (χ0n) is 10.7. The molecule has 0 radical (unpaired) electrons. The summed E-state index contributed by atoms with van der Waals surface area (Å²) in [5, 5.41) is 11.5. The molecule has 1 amide bonds. The summed E-state index contributed by atoms with van der Waals surface area (Å²) in [6.45, 7) is 1.77. The van der Waals surface area contributed by atoms with Crippen molar-refractivity contribution in [3.05, 3.63) is 59.3 Å². The number of anilines is 1. The number of amides is 1. The van der Waals surface area contributed by atoms with Crippen LogP contribution in [0.4, 0.5) is 10.1 Å². The fraction of sp³-hybridized carbons (Fsp3) is 0.0667. The number of nitriles is 1. The molecule has 100 valence electrons. The second-order valence-electron chi connectivity index (χ2n) is 4.08. The lowest BCUT2D eigenvalue weighted by Gasteiger charge is -2.03. The minimum atomic E-state index is -0.576. The van der Waals surface area contributed by atoms with E-state index in [0.29, 0.717) is 17.2 Å². The van der Waals surface area contributed by atoms with Crippen molar-refractivity contribution in [2.45, 2.75) is 6.92 Å². The minimum Gasteiger partial charge on any atom is -0.462 e. The zero-order chi connectivity index (χ0) is 14.5. The van der Waals surface area contributed by atoms with Crippen LogP contribution in [0, 0.1) is 24.1 Å². The molecule has 0 aliphatic rings. The summed E-state index contributed by atoms with van der Waals surface area (Å²) in [5.41, 5.74) is 0.317. The molecule has 4 nitrogen and oxygen atoms in total. The smallest absolute Gasteiger partial charge is 0.266 e. The van der Waals surface area contributed by atoms with Crippen molar-refractivity contribution in [1.82, 2.24) is 0 Å². The Labute approximate surface area is 115 Å². The van der Waals surface area contributed by atoms with Crippen LogP contribution in [0.25, 0.3) is 6.08 Å². The van der Waals surface area contributed by atoms with E-state index in [0.717, 1.165) is 0 Å². The van der Waals surface area contributed by atoms with E-state index in [9.17, 15) is 9.18 Å². The van der Waals surface area contributed by atoms with Gasteiger partial charge in [0.15, 0.2) is 0 Å². The van der Waals surface area contributed by atoms with Gasteiger partial charge in [-0.2, -0.15) is 5.26 Å². The summed E-state index contributed by atoms with van der Waals surface area (Å²) < 4.78 is 18.0.